The Morgan fingerprint density at radius 1 is 1.71 bits per heavy atom. The average Bonchev–Trinajstić information content (AvgIpc) is 2.30. The first kappa shape index (κ1) is 14.1. The standard InChI is InChI=1S/C10H17BrN4O2/c1-3-15-10(17)9(11)8(5-14-15)13-4-7(12)6(2)16/h5-7,13,16H,3-4,12H2,1-2H3. The molecule has 7 heteroatoms. The number of nitrogens with two attached hydrogens (primary N) is 1. The number of hydrogen-bond acceptors (Lipinski definition) is 5. The molecule has 4 N–H and O–H groups in total. The van der Waals surface area contributed by atoms with Crippen molar-refractivity contribution < 1.29 is 5.11 Å². The summed E-state index contributed by atoms with van der Waals surface area (Å²) in [5, 5.41) is 16.2. The van der Waals surface area contributed by atoms with Gasteiger partial charge in [0, 0.05) is 19.1 Å². The van der Waals surface area contributed by atoms with Gasteiger partial charge < -0.3 is 16.2 Å². The molecule has 0 bridgehead atoms. The van der Waals surface area contributed by atoms with Crippen LogP contribution in [0.1, 0.15) is 13.8 Å². The summed E-state index contributed by atoms with van der Waals surface area (Å²) in [5.41, 5.74) is 6.06. The number of aryl methyl sites for hydroxylation is 1. The quantitative estimate of drug-likeness (QED) is 0.720. The fraction of sp³-hybridized carbons (Fsp3) is 0.600. The number of hydrogen-bond donors (Lipinski definition) is 3. The molecule has 0 amide bonds. The summed E-state index contributed by atoms with van der Waals surface area (Å²) in [4.78, 5) is 11.7. The topological polar surface area (TPSA) is 93.2 Å². The van der Waals surface area contributed by atoms with E-state index in [2.05, 4.69) is 26.3 Å². The molecule has 17 heavy (non-hydrogen) atoms. The van der Waals surface area contributed by atoms with Crippen LogP contribution in [0, 0.1) is 0 Å². The Kier molecular flexibility index (Phi) is 5.10. The zero-order chi connectivity index (χ0) is 13.0. The van der Waals surface area contributed by atoms with Gasteiger partial charge in [0.25, 0.3) is 5.56 Å². The van der Waals surface area contributed by atoms with Crippen molar-refractivity contribution in [2.24, 2.45) is 5.73 Å². The van der Waals surface area contributed by atoms with Crippen LogP contribution in [0.4, 0.5) is 5.69 Å². The maximum atomic E-state index is 11.7. The molecule has 0 aliphatic heterocycles. The van der Waals surface area contributed by atoms with Crippen LogP contribution in [-0.2, 0) is 6.54 Å². The lowest BCUT2D eigenvalue weighted by atomic mass is 10.2. The predicted molar refractivity (Wildman–Crippen MR) is 70.0 cm³/mol. The van der Waals surface area contributed by atoms with Crippen LogP contribution < -0.4 is 16.6 Å². The number of halogens is 1. The summed E-state index contributed by atoms with van der Waals surface area (Å²) in [6.45, 7) is 4.35. The highest BCUT2D eigenvalue weighted by atomic mass is 79.9. The first-order chi connectivity index (χ1) is 7.97. The van der Waals surface area contributed by atoms with Crippen LogP contribution >= 0.6 is 15.9 Å². The van der Waals surface area contributed by atoms with E-state index in [1.165, 1.54) is 4.68 Å². The minimum atomic E-state index is -0.606. The largest absolute Gasteiger partial charge is 0.392 e. The fourth-order valence-corrected chi connectivity index (χ4v) is 1.66. The molecule has 0 fully saturated rings. The zero-order valence-electron chi connectivity index (χ0n) is 9.85. The monoisotopic (exact) mass is 304 g/mol. The van der Waals surface area contributed by atoms with Gasteiger partial charge >= 0.3 is 0 Å². The van der Waals surface area contributed by atoms with Crippen LogP contribution in [0.3, 0.4) is 0 Å². The average molecular weight is 305 g/mol. The summed E-state index contributed by atoms with van der Waals surface area (Å²) in [6, 6.07) is -0.393. The van der Waals surface area contributed by atoms with Gasteiger partial charge in [-0.15, -0.1) is 0 Å². The third-order valence-corrected chi connectivity index (χ3v) is 3.20. The molecule has 0 aromatic carbocycles. The van der Waals surface area contributed by atoms with Crippen molar-refractivity contribution in [2.75, 3.05) is 11.9 Å². The Hall–Kier alpha value is -0.920. The molecule has 0 saturated heterocycles. The second-order valence-corrected chi connectivity index (χ2v) is 4.57. The first-order valence-corrected chi connectivity index (χ1v) is 6.19. The van der Waals surface area contributed by atoms with Crippen LogP contribution in [0.25, 0.3) is 0 Å². The molecule has 1 aromatic heterocycles. The van der Waals surface area contributed by atoms with Gasteiger partial charge in [-0.1, -0.05) is 0 Å². The first-order valence-electron chi connectivity index (χ1n) is 5.40. The van der Waals surface area contributed by atoms with E-state index in [1.807, 2.05) is 6.92 Å². The Balaban J connectivity index is 2.80. The smallest absolute Gasteiger partial charge is 0.283 e. The summed E-state index contributed by atoms with van der Waals surface area (Å²) in [5.74, 6) is 0. The number of aliphatic hydroxyl groups is 1. The van der Waals surface area contributed by atoms with E-state index in [-0.39, 0.29) is 5.56 Å². The molecule has 96 valence electrons. The SMILES string of the molecule is CCn1ncc(NCC(N)C(C)O)c(Br)c1=O. The van der Waals surface area contributed by atoms with Crippen molar-refractivity contribution in [3.63, 3.8) is 0 Å². The van der Waals surface area contributed by atoms with Gasteiger partial charge in [0.2, 0.25) is 0 Å². The van der Waals surface area contributed by atoms with E-state index in [0.717, 1.165) is 0 Å². The summed E-state index contributed by atoms with van der Waals surface area (Å²) < 4.78 is 1.77. The van der Waals surface area contributed by atoms with E-state index >= 15 is 0 Å². The number of nitrogens with zero attached hydrogens (tertiary/aromatic N) is 2. The van der Waals surface area contributed by atoms with Gasteiger partial charge in [0.1, 0.15) is 4.47 Å². The molecule has 1 heterocycles. The van der Waals surface area contributed by atoms with E-state index in [4.69, 9.17) is 5.73 Å². The molecule has 0 spiro atoms. The molecule has 1 rings (SSSR count). The molecule has 1 aromatic rings. The van der Waals surface area contributed by atoms with Crippen molar-refractivity contribution in [2.45, 2.75) is 32.5 Å². The van der Waals surface area contributed by atoms with Gasteiger partial charge in [-0.25, -0.2) is 4.68 Å². The number of aromatic nitrogens is 2. The predicted octanol–water partition coefficient (Wildman–Crippen LogP) is 0.146. The number of aliphatic hydroxyl groups excluding tert-OH is 1. The summed E-state index contributed by atoms with van der Waals surface area (Å²) in [7, 11) is 0. The third kappa shape index (κ3) is 3.52. The van der Waals surface area contributed by atoms with E-state index in [1.54, 1.807) is 13.1 Å². The number of nitrogens with one attached hydrogen (secondary N) is 1. The molecule has 6 nitrogen and oxygen atoms in total. The van der Waals surface area contributed by atoms with Gasteiger partial charge in [-0.2, -0.15) is 5.10 Å². The second-order valence-electron chi connectivity index (χ2n) is 3.78. The van der Waals surface area contributed by atoms with Crippen molar-refractivity contribution >= 4 is 21.6 Å². The number of anilines is 1. The second kappa shape index (κ2) is 6.13. The van der Waals surface area contributed by atoms with E-state index in [9.17, 15) is 9.90 Å². The van der Waals surface area contributed by atoms with Crippen molar-refractivity contribution in [3.8, 4) is 0 Å². The summed E-state index contributed by atoms with van der Waals surface area (Å²) >= 11 is 3.22. The van der Waals surface area contributed by atoms with E-state index < -0.39 is 12.1 Å². The lowest BCUT2D eigenvalue weighted by Crippen LogP contribution is -2.39. The normalized spacial score (nSPS) is 14.4. The Morgan fingerprint density at radius 2 is 2.35 bits per heavy atom. The van der Waals surface area contributed by atoms with Gasteiger partial charge in [0.05, 0.1) is 18.0 Å². The molecule has 0 saturated carbocycles. The van der Waals surface area contributed by atoms with Crippen molar-refractivity contribution in [3.05, 3.63) is 21.0 Å². The van der Waals surface area contributed by atoms with Crippen LogP contribution in [0.5, 0.6) is 0 Å². The molecular formula is C10H17BrN4O2. The minimum absolute atomic E-state index is 0.192. The van der Waals surface area contributed by atoms with Gasteiger partial charge in [-0.3, -0.25) is 4.79 Å². The highest BCUT2D eigenvalue weighted by Gasteiger charge is 2.11. The molecule has 2 atom stereocenters. The molecule has 0 aliphatic rings. The fourth-order valence-electron chi connectivity index (χ4n) is 1.21. The van der Waals surface area contributed by atoms with Gasteiger partial charge in [-0.05, 0) is 29.8 Å². The lowest BCUT2D eigenvalue weighted by molar-refractivity contribution is 0.168. The number of rotatable bonds is 5. The highest BCUT2D eigenvalue weighted by Crippen LogP contribution is 2.15. The van der Waals surface area contributed by atoms with Crippen molar-refractivity contribution in [1.82, 2.24) is 9.78 Å². The highest BCUT2D eigenvalue weighted by molar-refractivity contribution is 9.10. The van der Waals surface area contributed by atoms with Crippen LogP contribution in [0.2, 0.25) is 0 Å². The van der Waals surface area contributed by atoms with Crippen molar-refractivity contribution in [1.29, 1.82) is 0 Å². The third-order valence-electron chi connectivity index (χ3n) is 2.43. The maximum absolute atomic E-state index is 11.7. The summed E-state index contributed by atoms with van der Waals surface area (Å²) in [6.07, 6.45) is 0.953. The Labute approximate surface area is 108 Å². The van der Waals surface area contributed by atoms with Crippen LogP contribution in [-0.4, -0.2) is 33.6 Å². The molecule has 2 unspecified atom stereocenters. The zero-order valence-corrected chi connectivity index (χ0v) is 11.4. The molecular weight excluding hydrogens is 288 g/mol. The maximum Gasteiger partial charge on any atom is 0.283 e. The molecule has 0 radical (unpaired) electrons. The lowest BCUT2D eigenvalue weighted by Gasteiger charge is -2.16. The minimum Gasteiger partial charge on any atom is -0.392 e. The van der Waals surface area contributed by atoms with E-state index in [0.29, 0.717) is 23.2 Å². The Bertz CT molecular complexity index is 433. The van der Waals surface area contributed by atoms with Crippen LogP contribution in [0.15, 0.2) is 15.5 Å². The Morgan fingerprint density at radius 3 is 2.88 bits per heavy atom. The van der Waals surface area contributed by atoms with Gasteiger partial charge in [0.15, 0.2) is 0 Å². The molecule has 0 aliphatic carbocycles.